The summed E-state index contributed by atoms with van der Waals surface area (Å²) in [6.45, 7) is 9.36. The molecule has 3 rings (SSSR count). The molecule has 39 heavy (non-hydrogen) atoms. The normalized spacial score (nSPS) is 12.2. The first-order chi connectivity index (χ1) is 18.4. The molecule has 3 aromatic carbocycles. The van der Waals surface area contributed by atoms with Crippen LogP contribution < -0.4 is 9.62 Å². The number of rotatable bonds is 11. The zero-order chi connectivity index (χ0) is 28.7. The zero-order valence-corrected chi connectivity index (χ0v) is 24.6. The number of carbonyl (C=O) groups excluding carboxylic acids is 2. The molecule has 0 fully saturated rings. The van der Waals surface area contributed by atoms with Gasteiger partial charge >= 0.3 is 0 Å². The number of benzene rings is 3. The fraction of sp³-hybridized carbons (Fsp3) is 0.333. The lowest BCUT2D eigenvalue weighted by atomic mass is 10.1. The zero-order valence-electron chi connectivity index (χ0n) is 23.0. The summed E-state index contributed by atoms with van der Waals surface area (Å²) in [5, 5.41) is 3.32. The third-order valence-electron chi connectivity index (χ3n) is 6.36. The molecule has 0 aliphatic carbocycles. The number of anilines is 1. The third kappa shape index (κ3) is 7.83. The van der Waals surface area contributed by atoms with Crippen LogP contribution in [0.1, 0.15) is 37.5 Å². The molecule has 1 atom stereocenters. The molecule has 0 unspecified atom stereocenters. The summed E-state index contributed by atoms with van der Waals surface area (Å²) in [7, 11) is -4.10. The van der Waals surface area contributed by atoms with E-state index in [0.717, 1.165) is 15.4 Å². The minimum Gasteiger partial charge on any atom is -0.354 e. The van der Waals surface area contributed by atoms with Gasteiger partial charge < -0.3 is 10.2 Å². The summed E-state index contributed by atoms with van der Waals surface area (Å²) in [6.07, 6.45) is 0. The van der Waals surface area contributed by atoms with Crippen LogP contribution in [-0.2, 0) is 26.2 Å². The van der Waals surface area contributed by atoms with Crippen molar-refractivity contribution in [3.63, 3.8) is 0 Å². The van der Waals surface area contributed by atoms with E-state index >= 15 is 0 Å². The van der Waals surface area contributed by atoms with Crippen LogP contribution >= 0.6 is 11.6 Å². The summed E-state index contributed by atoms with van der Waals surface area (Å²) in [4.78, 5) is 28.4. The minimum atomic E-state index is -4.10. The Morgan fingerprint density at radius 3 is 2.00 bits per heavy atom. The Morgan fingerprint density at radius 2 is 1.44 bits per heavy atom. The van der Waals surface area contributed by atoms with Crippen molar-refractivity contribution in [1.29, 1.82) is 0 Å². The molecular formula is C30H36ClN3O4S. The van der Waals surface area contributed by atoms with Crippen LogP contribution in [0.4, 0.5) is 5.69 Å². The van der Waals surface area contributed by atoms with Crippen molar-refractivity contribution < 1.29 is 18.0 Å². The van der Waals surface area contributed by atoms with Gasteiger partial charge in [0.25, 0.3) is 10.0 Å². The Morgan fingerprint density at radius 1 is 0.872 bits per heavy atom. The highest BCUT2D eigenvalue weighted by molar-refractivity contribution is 7.92. The molecule has 0 spiro atoms. The van der Waals surface area contributed by atoms with Gasteiger partial charge in [-0.25, -0.2) is 8.42 Å². The van der Waals surface area contributed by atoms with E-state index in [2.05, 4.69) is 5.32 Å². The van der Waals surface area contributed by atoms with E-state index in [0.29, 0.717) is 22.8 Å². The molecule has 7 nitrogen and oxygen atoms in total. The number of carbonyl (C=O) groups is 2. The van der Waals surface area contributed by atoms with Crippen LogP contribution in [0.2, 0.25) is 5.02 Å². The Labute approximate surface area is 236 Å². The van der Waals surface area contributed by atoms with Gasteiger partial charge in [0.15, 0.2) is 0 Å². The first-order valence-electron chi connectivity index (χ1n) is 12.9. The van der Waals surface area contributed by atoms with Gasteiger partial charge in [-0.1, -0.05) is 79.0 Å². The monoisotopic (exact) mass is 569 g/mol. The number of amides is 2. The van der Waals surface area contributed by atoms with Crippen molar-refractivity contribution in [2.24, 2.45) is 5.92 Å². The predicted octanol–water partition coefficient (Wildman–Crippen LogP) is 5.34. The highest BCUT2D eigenvalue weighted by Gasteiger charge is 2.32. The number of nitrogens with zero attached hydrogens (tertiary/aromatic N) is 2. The number of nitrogens with one attached hydrogen (secondary N) is 1. The maximum atomic E-state index is 13.9. The molecule has 0 aliphatic heterocycles. The number of halogens is 1. The third-order valence-corrected chi connectivity index (χ3v) is 8.52. The molecule has 0 saturated carbocycles. The summed E-state index contributed by atoms with van der Waals surface area (Å²) in [6, 6.07) is 19.6. The molecule has 0 aromatic heterocycles. The highest BCUT2D eigenvalue weighted by atomic mass is 35.5. The Bertz CT molecular complexity index is 1390. The van der Waals surface area contributed by atoms with Gasteiger partial charge in [0.2, 0.25) is 11.8 Å². The maximum Gasteiger partial charge on any atom is 0.264 e. The van der Waals surface area contributed by atoms with Crippen molar-refractivity contribution in [3.8, 4) is 0 Å². The average molecular weight is 570 g/mol. The van der Waals surface area contributed by atoms with Gasteiger partial charge in [-0.3, -0.25) is 13.9 Å². The lowest BCUT2D eigenvalue weighted by molar-refractivity contribution is -0.139. The van der Waals surface area contributed by atoms with E-state index < -0.39 is 28.5 Å². The first kappa shape index (κ1) is 30.2. The van der Waals surface area contributed by atoms with Crippen LogP contribution in [0, 0.1) is 19.8 Å². The van der Waals surface area contributed by atoms with E-state index in [1.54, 1.807) is 67.6 Å². The van der Waals surface area contributed by atoms with Gasteiger partial charge in [-0.05, 0) is 62.6 Å². The second-order valence-electron chi connectivity index (χ2n) is 10.1. The van der Waals surface area contributed by atoms with Gasteiger partial charge in [0.05, 0.1) is 10.6 Å². The quantitative estimate of drug-likeness (QED) is 0.338. The van der Waals surface area contributed by atoms with Gasteiger partial charge in [0, 0.05) is 18.1 Å². The van der Waals surface area contributed by atoms with Crippen LogP contribution in [0.15, 0.2) is 77.7 Å². The maximum absolute atomic E-state index is 13.9. The smallest absolute Gasteiger partial charge is 0.264 e. The van der Waals surface area contributed by atoms with E-state index in [-0.39, 0.29) is 23.3 Å². The molecule has 0 saturated heterocycles. The minimum absolute atomic E-state index is 0.0427. The van der Waals surface area contributed by atoms with Crippen molar-refractivity contribution >= 4 is 39.1 Å². The average Bonchev–Trinajstić information content (AvgIpc) is 2.90. The fourth-order valence-electron chi connectivity index (χ4n) is 3.92. The van der Waals surface area contributed by atoms with Crippen LogP contribution in [0.5, 0.6) is 0 Å². The Hall–Kier alpha value is -3.36. The predicted molar refractivity (Wildman–Crippen MR) is 156 cm³/mol. The summed E-state index contributed by atoms with van der Waals surface area (Å²) in [5.74, 6) is -0.628. The Balaban J connectivity index is 2.01. The molecular weight excluding hydrogens is 534 g/mol. The largest absolute Gasteiger partial charge is 0.354 e. The molecule has 2 amide bonds. The second-order valence-corrected chi connectivity index (χ2v) is 12.4. The molecule has 1 N–H and O–H groups in total. The van der Waals surface area contributed by atoms with Gasteiger partial charge in [0.1, 0.15) is 12.6 Å². The lowest BCUT2D eigenvalue weighted by Gasteiger charge is -2.32. The van der Waals surface area contributed by atoms with Crippen molar-refractivity contribution in [3.05, 3.63) is 94.5 Å². The van der Waals surface area contributed by atoms with Gasteiger partial charge in [-0.2, -0.15) is 0 Å². The highest BCUT2D eigenvalue weighted by Crippen LogP contribution is 2.26. The molecule has 0 aliphatic rings. The molecule has 3 aromatic rings. The molecule has 0 heterocycles. The topological polar surface area (TPSA) is 86.8 Å². The SMILES string of the molecule is Cc1ccc(N(CC(=O)N(Cc2ccccc2Cl)[C@@H](C)C(=O)NCC(C)C)S(=O)(=O)c2ccc(C)cc2)cc1. The number of hydrogen-bond donors (Lipinski definition) is 1. The summed E-state index contributed by atoms with van der Waals surface area (Å²) < 4.78 is 28.8. The van der Waals surface area contributed by atoms with E-state index in [1.165, 1.54) is 17.0 Å². The molecule has 0 radical (unpaired) electrons. The standard InChI is InChI=1S/C30H36ClN3O4S/c1-21(2)18-32-30(36)24(5)33(19-25-8-6-7-9-28(25)31)29(35)20-34(26-14-10-22(3)11-15-26)39(37,38)27-16-12-23(4)13-17-27/h6-17,21,24H,18-20H2,1-5H3,(H,32,36)/t24-/m0/s1. The van der Waals surface area contributed by atoms with E-state index in [1.807, 2.05) is 27.7 Å². The number of aryl methyl sites for hydroxylation is 2. The summed E-state index contributed by atoms with van der Waals surface area (Å²) >= 11 is 6.40. The van der Waals surface area contributed by atoms with Crippen molar-refractivity contribution in [2.45, 2.75) is 52.1 Å². The van der Waals surface area contributed by atoms with Gasteiger partial charge in [-0.15, -0.1) is 0 Å². The van der Waals surface area contributed by atoms with Crippen LogP contribution in [0.25, 0.3) is 0 Å². The molecule has 0 bridgehead atoms. The van der Waals surface area contributed by atoms with Crippen LogP contribution in [0.3, 0.4) is 0 Å². The van der Waals surface area contributed by atoms with Crippen molar-refractivity contribution in [2.75, 3.05) is 17.4 Å². The van der Waals surface area contributed by atoms with Crippen LogP contribution in [-0.4, -0.2) is 44.3 Å². The summed E-state index contributed by atoms with van der Waals surface area (Å²) in [5.41, 5.74) is 2.87. The number of sulfonamides is 1. The number of hydrogen-bond acceptors (Lipinski definition) is 4. The van der Waals surface area contributed by atoms with Crippen molar-refractivity contribution in [1.82, 2.24) is 10.2 Å². The van der Waals surface area contributed by atoms with E-state index in [9.17, 15) is 18.0 Å². The fourth-order valence-corrected chi connectivity index (χ4v) is 5.53. The Kier molecular flexibility index (Phi) is 10.2. The second kappa shape index (κ2) is 13.1. The lowest BCUT2D eigenvalue weighted by Crippen LogP contribution is -2.51. The first-order valence-corrected chi connectivity index (χ1v) is 14.7. The van der Waals surface area contributed by atoms with E-state index in [4.69, 9.17) is 11.6 Å². The molecule has 208 valence electrons. The molecule has 9 heteroatoms.